The molecule has 0 aliphatic carbocycles. The van der Waals surface area contributed by atoms with E-state index in [2.05, 4.69) is 53.4 Å². The molecule has 0 rings (SSSR count). The number of allylic oxidation sites excluding steroid dienone is 1. The Balaban J connectivity index is -0.000000969. The average Bonchev–Trinajstić information content (AvgIpc) is 2.65. The van der Waals surface area contributed by atoms with E-state index < -0.39 is 5.60 Å². The minimum atomic E-state index is -0.502. The molecule has 0 bridgehead atoms. The number of ketones is 1. The van der Waals surface area contributed by atoms with E-state index in [1.807, 2.05) is 19.9 Å². The third kappa shape index (κ3) is 29.4. The topological polar surface area (TPSA) is 57.5 Å². The van der Waals surface area contributed by atoms with Gasteiger partial charge in [0.05, 0.1) is 0 Å². The van der Waals surface area contributed by atoms with Gasteiger partial charge in [0, 0.05) is 6.42 Å². The summed E-state index contributed by atoms with van der Waals surface area (Å²) < 4.78 is 5.51. The van der Waals surface area contributed by atoms with Crippen molar-refractivity contribution >= 4 is 11.8 Å². The Morgan fingerprint density at radius 2 is 1.42 bits per heavy atom. The van der Waals surface area contributed by atoms with Crippen LogP contribution in [0.4, 0.5) is 0 Å². The molecule has 0 aliphatic rings. The number of carbonyl (C=O) groups is 2. The zero-order valence-corrected chi connectivity index (χ0v) is 23.7. The fraction of sp³-hybridized carbons (Fsp3) is 0.857. The molecule has 0 N–H and O–H groups in total. The Bertz CT molecular complexity index is 484. The molecule has 0 aromatic heterocycles. The van der Waals surface area contributed by atoms with Crippen LogP contribution in [0.5, 0.6) is 0 Å². The molecule has 190 valence electrons. The Morgan fingerprint density at radius 1 is 0.909 bits per heavy atom. The molecule has 0 radical (unpaired) electrons. The van der Waals surface area contributed by atoms with E-state index in [1.165, 1.54) is 32.1 Å². The van der Waals surface area contributed by atoms with Gasteiger partial charge in [-0.2, -0.15) is 0 Å². The van der Waals surface area contributed by atoms with Gasteiger partial charge in [-0.25, -0.2) is 0 Å². The van der Waals surface area contributed by atoms with Gasteiger partial charge in [-0.15, -0.1) is 18.7 Å². The number of Topliss-reactive ketones (excluding diaryl/α,β-unsaturated/α-hetero) is 1. The number of carbonyl (C=O) groups excluding carboxylic acids is 2. The van der Waals surface area contributed by atoms with E-state index in [0.29, 0.717) is 24.4 Å². The summed E-state index contributed by atoms with van der Waals surface area (Å²) >= 11 is 0. The molecule has 1 atom stereocenters. The van der Waals surface area contributed by atoms with E-state index in [1.54, 1.807) is 0 Å². The van der Waals surface area contributed by atoms with Crippen molar-refractivity contribution in [1.29, 1.82) is 0 Å². The molecule has 0 amide bonds. The molecule has 0 fully saturated rings. The van der Waals surface area contributed by atoms with Crippen molar-refractivity contribution in [3.63, 3.8) is 0 Å². The Labute approximate surface area is 218 Å². The molecule has 0 aliphatic heterocycles. The number of esters is 1. The van der Waals surface area contributed by atoms with Crippen LogP contribution in [0.25, 0.3) is 5.32 Å². The molecule has 33 heavy (non-hydrogen) atoms. The fourth-order valence-corrected chi connectivity index (χ4v) is 3.49. The smallest absolute Gasteiger partial charge is 0.658 e. The standard InChI is InChI=1S/C22H40O3.C6H14N.Li/c1-6-8-9-10-11-12-13-16-20(23)18-21(24)25-22(4,5)17-14-15-19(3)7-2;1-5(2)7-6(3)4;/h7,19H,2,6,8-18H2,1,3-5H3;5-6H,1-4H3;/q;-1;+1. The summed E-state index contributed by atoms with van der Waals surface area (Å²) in [6.07, 6.45) is 13.5. The van der Waals surface area contributed by atoms with Crippen molar-refractivity contribution in [2.45, 2.75) is 150 Å². The minimum Gasteiger partial charge on any atom is -0.658 e. The summed E-state index contributed by atoms with van der Waals surface area (Å²) in [4.78, 5) is 23.9. The van der Waals surface area contributed by atoms with Gasteiger partial charge in [0.2, 0.25) is 0 Å². The van der Waals surface area contributed by atoms with Crippen molar-refractivity contribution in [3.05, 3.63) is 18.0 Å². The quantitative estimate of drug-likeness (QED) is 0.0884. The summed E-state index contributed by atoms with van der Waals surface area (Å²) in [6, 6.07) is 1.000. The summed E-state index contributed by atoms with van der Waals surface area (Å²) in [5, 5.41) is 4.28. The number of hydrogen-bond acceptors (Lipinski definition) is 3. The SMILES string of the molecule is C=CC(C)CCCC(C)(C)OC(=O)CC(=O)CCCCCCCCC.CC(C)[N-]C(C)C.[Li+]. The number of nitrogens with zero attached hydrogens (tertiary/aromatic N) is 1. The van der Waals surface area contributed by atoms with Crippen LogP contribution >= 0.6 is 0 Å². The first-order valence-electron chi connectivity index (χ1n) is 13.0. The third-order valence-electron chi connectivity index (χ3n) is 5.23. The first-order chi connectivity index (χ1) is 14.9. The number of hydrogen-bond donors (Lipinski definition) is 0. The van der Waals surface area contributed by atoms with Crippen LogP contribution < -0.4 is 18.9 Å². The van der Waals surface area contributed by atoms with Crippen LogP contribution in [0.15, 0.2) is 12.7 Å². The zero-order chi connectivity index (χ0) is 25.0. The molecule has 0 aromatic carbocycles. The number of ether oxygens (including phenoxy) is 1. The second-order valence-electron chi connectivity index (χ2n) is 10.3. The van der Waals surface area contributed by atoms with E-state index in [0.717, 1.165) is 32.1 Å². The van der Waals surface area contributed by atoms with E-state index >= 15 is 0 Å². The molecule has 0 aromatic rings. The average molecular weight is 460 g/mol. The van der Waals surface area contributed by atoms with Crippen LogP contribution in [0, 0.1) is 5.92 Å². The Morgan fingerprint density at radius 3 is 1.88 bits per heavy atom. The molecule has 5 heteroatoms. The van der Waals surface area contributed by atoms with E-state index in [-0.39, 0.29) is 37.0 Å². The normalized spacial score (nSPS) is 11.9. The van der Waals surface area contributed by atoms with Crippen LogP contribution in [0.2, 0.25) is 0 Å². The van der Waals surface area contributed by atoms with Crippen molar-refractivity contribution < 1.29 is 33.2 Å². The summed E-state index contributed by atoms with van der Waals surface area (Å²) in [5.41, 5.74) is -0.502. The molecule has 0 saturated heterocycles. The zero-order valence-electron chi connectivity index (χ0n) is 23.7. The van der Waals surface area contributed by atoms with Crippen LogP contribution in [0.3, 0.4) is 0 Å². The molecule has 4 nitrogen and oxygen atoms in total. The summed E-state index contributed by atoms with van der Waals surface area (Å²) in [5.74, 6) is 0.111. The van der Waals surface area contributed by atoms with Crippen molar-refractivity contribution in [3.8, 4) is 0 Å². The van der Waals surface area contributed by atoms with E-state index in [9.17, 15) is 9.59 Å². The Kier molecular flexibility index (Phi) is 26.0. The largest absolute Gasteiger partial charge is 1.00 e. The predicted molar refractivity (Wildman–Crippen MR) is 139 cm³/mol. The second kappa shape index (κ2) is 23.2. The van der Waals surface area contributed by atoms with Gasteiger partial charge in [0.15, 0.2) is 0 Å². The van der Waals surface area contributed by atoms with Gasteiger partial charge < -0.3 is 10.1 Å². The van der Waals surface area contributed by atoms with Crippen LogP contribution in [0.1, 0.15) is 132 Å². The third-order valence-corrected chi connectivity index (χ3v) is 5.23. The van der Waals surface area contributed by atoms with Crippen molar-refractivity contribution in [2.24, 2.45) is 5.92 Å². The maximum absolute atomic E-state index is 12.0. The molecule has 0 spiro atoms. The molecular weight excluding hydrogens is 405 g/mol. The van der Waals surface area contributed by atoms with Gasteiger partial charge in [-0.05, 0) is 45.4 Å². The Hall–Kier alpha value is -0.563. The monoisotopic (exact) mass is 459 g/mol. The molecule has 1 unspecified atom stereocenters. The predicted octanol–water partition coefficient (Wildman–Crippen LogP) is 5.58. The van der Waals surface area contributed by atoms with Gasteiger partial charge in [-0.3, -0.25) is 9.59 Å². The minimum absolute atomic E-state index is 0. The molecule has 0 saturated carbocycles. The number of rotatable bonds is 18. The fourth-order valence-electron chi connectivity index (χ4n) is 3.49. The summed E-state index contributed by atoms with van der Waals surface area (Å²) in [6.45, 7) is 20.4. The summed E-state index contributed by atoms with van der Waals surface area (Å²) in [7, 11) is 0. The van der Waals surface area contributed by atoms with Gasteiger partial charge in [-0.1, -0.05) is 86.1 Å². The van der Waals surface area contributed by atoms with Gasteiger partial charge in [0.1, 0.15) is 17.8 Å². The second-order valence-corrected chi connectivity index (χ2v) is 10.3. The van der Waals surface area contributed by atoms with E-state index in [4.69, 9.17) is 4.74 Å². The van der Waals surface area contributed by atoms with Crippen molar-refractivity contribution in [1.82, 2.24) is 0 Å². The maximum Gasteiger partial charge on any atom is 1.00 e. The van der Waals surface area contributed by atoms with Crippen LogP contribution in [-0.4, -0.2) is 29.4 Å². The first-order valence-corrected chi connectivity index (χ1v) is 13.0. The molecule has 0 heterocycles. The van der Waals surface area contributed by atoms with Crippen molar-refractivity contribution in [2.75, 3.05) is 0 Å². The van der Waals surface area contributed by atoms with Crippen LogP contribution in [-0.2, 0) is 14.3 Å². The maximum atomic E-state index is 12.0. The van der Waals surface area contributed by atoms with Gasteiger partial charge in [0.25, 0.3) is 0 Å². The molecular formula is C28H54LiNO3. The number of unbranched alkanes of at least 4 members (excludes halogenated alkanes) is 6. The van der Waals surface area contributed by atoms with Gasteiger partial charge >= 0.3 is 24.8 Å². The first kappa shape index (κ1) is 37.0.